The van der Waals surface area contributed by atoms with E-state index in [0.717, 1.165) is 6.07 Å². The van der Waals surface area contributed by atoms with Crippen molar-refractivity contribution in [2.45, 2.75) is 17.9 Å². The number of hydrogen-bond acceptors (Lipinski definition) is 6. The largest absolute Gasteiger partial charge is 0.481 e. The summed E-state index contributed by atoms with van der Waals surface area (Å²) < 4.78 is 32.5. The minimum absolute atomic E-state index is 0.106. The van der Waals surface area contributed by atoms with Gasteiger partial charge >= 0.3 is 0 Å². The van der Waals surface area contributed by atoms with Crippen LogP contribution in [0.4, 0.5) is 5.69 Å². The van der Waals surface area contributed by atoms with E-state index in [1.54, 1.807) is 24.0 Å². The third-order valence-corrected chi connectivity index (χ3v) is 6.51. The van der Waals surface area contributed by atoms with Crippen LogP contribution in [0.5, 0.6) is 5.75 Å². The highest BCUT2D eigenvalue weighted by Gasteiger charge is 2.32. The highest BCUT2D eigenvalue weighted by molar-refractivity contribution is 7.89. The first-order chi connectivity index (χ1) is 13.8. The summed E-state index contributed by atoms with van der Waals surface area (Å²) in [6.07, 6.45) is -0.697. The van der Waals surface area contributed by atoms with Crippen molar-refractivity contribution in [3.05, 3.63) is 64.7 Å². The molecule has 1 fully saturated rings. The summed E-state index contributed by atoms with van der Waals surface area (Å²) in [6, 6.07) is 13.9. The average Bonchev–Trinajstić information content (AvgIpc) is 2.74. The molecule has 0 saturated carbocycles. The number of benzene rings is 2. The molecule has 1 atom stereocenters. The van der Waals surface area contributed by atoms with Gasteiger partial charge in [0.25, 0.3) is 11.6 Å². The zero-order valence-electron chi connectivity index (χ0n) is 15.8. The van der Waals surface area contributed by atoms with Gasteiger partial charge < -0.3 is 9.64 Å². The molecule has 0 N–H and O–H groups in total. The van der Waals surface area contributed by atoms with Crippen LogP contribution in [0.3, 0.4) is 0 Å². The number of hydrogen-bond donors (Lipinski definition) is 0. The molecular weight excluding hydrogens is 398 g/mol. The van der Waals surface area contributed by atoms with E-state index >= 15 is 0 Å². The summed E-state index contributed by atoms with van der Waals surface area (Å²) in [7, 11) is -3.88. The normalized spacial score (nSPS) is 16.2. The van der Waals surface area contributed by atoms with Crippen LogP contribution in [0.1, 0.15) is 6.92 Å². The quantitative estimate of drug-likeness (QED) is 0.522. The first-order valence-corrected chi connectivity index (χ1v) is 10.5. The van der Waals surface area contributed by atoms with Gasteiger partial charge in [-0.1, -0.05) is 24.3 Å². The zero-order valence-corrected chi connectivity index (χ0v) is 16.6. The van der Waals surface area contributed by atoms with E-state index in [1.165, 1.54) is 22.5 Å². The maximum Gasteiger partial charge on any atom is 0.270 e. The number of non-ortho nitro benzene ring substituents is 1. The maximum absolute atomic E-state index is 12.8. The number of amides is 1. The SMILES string of the molecule is C[C@H](Oc1ccccc1)C(=O)N1CCN(S(=O)(=O)c2cccc([N+](=O)[O-])c2)CC1. The predicted molar refractivity (Wildman–Crippen MR) is 105 cm³/mol. The van der Waals surface area contributed by atoms with Crippen molar-refractivity contribution in [3.63, 3.8) is 0 Å². The molecular formula is C19H21N3O6S. The Morgan fingerprint density at radius 1 is 1.07 bits per heavy atom. The molecule has 0 aromatic heterocycles. The Balaban J connectivity index is 1.63. The fraction of sp³-hybridized carbons (Fsp3) is 0.316. The number of carbonyl (C=O) groups is 1. The van der Waals surface area contributed by atoms with E-state index in [9.17, 15) is 23.3 Å². The van der Waals surface area contributed by atoms with Crippen LogP contribution >= 0.6 is 0 Å². The molecule has 9 nitrogen and oxygen atoms in total. The van der Waals surface area contributed by atoms with Crippen molar-refractivity contribution in [3.8, 4) is 5.75 Å². The number of para-hydroxylation sites is 1. The summed E-state index contributed by atoms with van der Waals surface area (Å²) >= 11 is 0. The monoisotopic (exact) mass is 419 g/mol. The second-order valence-electron chi connectivity index (χ2n) is 6.56. The summed E-state index contributed by atoms with van der Waals surface area (Å²) in [5.41, 5.74) is -0.285. The first kappa shape index (κ1) is 20.7. The van der Waals surface area contributed by atoms with Crippen molar-refractivity contribution in [1.29, 1.82) is 0 Å². The van der Waals surface area contributed by atoms with Gasteiger partial charge in [0.2, 0.25) is 10.0 Å². The van der Waals surface area contributed by atoms with E-state index in [1.807, 2.05) is 18.2 Å². The smallest absolute Gasteiger partial charge is 0.270 e. The van der Waals surface area contributed by atoms with Crippen molar-refractivity contribution < 1.29 is 22.9 Å². The molecule has 3 rings (SSSR count). The summed E-state index contributed by atoms with van der Waals surface area (Å²) in [5.74, 6) is 0.362. The van der Waals surface area contributed by atoms with E-state index in [-0.39, 0.29) is 42.7 Å². The third kappa shape index (κ3) is 4.72. The Hall–Kier alpha value is -2.98. The molecule has 29 heavy (non-hydrogen) atoms. The minimum atomic E-state index is -3.88. The molecule has 1 aliphatic rings. The van der Waals surface area contributed by atoms with Gasteiger partial charge in [0.05, 0.1) is 9.82 Å². The number of piperazine rings is 1. The average molecular weight is 419 g/mol. The number of nitro groups is 1. The van der Waals surface area contributed by atoms with Crippen LogP contribution in [0.25, 0.3) is 0 Å². The Morgan fingerprint density at radius 3 is 2.34 bits per heavy atom. The summed E-state index contributed by atoms with van der Waals surface area (Å²) in [5, 5.41) is 10.9. The van der Waals surface area contributed by atoms with E-state index in [2.05, 4.69) is 0 Å². The van der Waals surface area contributed by atoms with Gasteiger partial charge in [-0.3, -0.25) is 14.9 Å². The lowest BCUT2D eigenvalue weighted by Gasteiger charge is -2.35. The zero-order chi connectivity index (χ0) is 21.0. The minimum Gasteiger partial charge on any atom is -0.481 e. The van der Waals surface area contributed by atoms with Gasteiger partial charge in [-0.05, 0) is 25.1 Å². The fourth-order valence-corrected chi connectivity index (χ4v) is 4.53. The molecule has 154 valence electrons. The number of sulfonamides is 1. The number of carbonyl (C=O) groups excluding carboxylic acids is 1. The van der Waals surface area contributed by atoms with Crippen LogP contribution in [0.15, 0.2) is 59.5 Å². The van der Waals surface area contributed by atoms with Gasteiger partial charge in [0.1, 0.15) is 5.75 Å². The summed E-state index contributed by atoms with van der Waals surface area (Å²) in [4.78, 5) is 24.3. The molecule has 1 saturated heterocycles. The van der Waals surface area contributed by atoms with Gasteiger partial charge in [0.15, 0.2) is 6.10 Å². The van der Waals surface area contributed by atoms with E-state index in [0.29, 0.717) is 5.75 Å². The number of nitro benzene ring substituents is 1. The van der Waals surface area contributed by atoms with Crippen molar-refractivity contribution in [2.75, 3.05) is 26.2 Å². The lowest BCUT2D eigenvalue weighted by molar-refractivity contribution is -0.385. The van der Waals surface area contributed by atoms with Gasteiger partial charge in [-0.2, -0.15) is 4.31 Å². The van der Waals surface area contributed by atoms with Crippen LogP contribution in [-0.4, -0.2) is 60.7 Å². The molecule has 2 aromatic carbocycles. The van der Waals surface area contributed by atoms with Crippen molar-refractivity contribution in [1.82, 2.24) is 9.21 Å². The summed E-state index contributed by atoms with van der Waals surface area (Å²) in [6.45, 7) is 2.30. The van der Waals surface area contributed by atoms with Crippen LogP contribution in [-0.2, 0) is 14.8 Å². The highest BCUT2D eigenvalue weighted by atomic mass is 32.2. The molecule has 0 aliphatic carbocycles. The molecule has 0 spiro atoms. The number of rotatable bonds is 6. The molecule has 2 aromatic rings. The van der Waals surface area contributed by atoms with Gasteiger partial charge in [0, 0.05) is 38.3 Å². The lowest BCUT2D eigenvalue weighted by atomic mass is 10.3. The molecule has 0 unspecified atom stereocenters. The second-order valence-corrected chi connectivity index (χ2v) is 8.49. The van der Waals surface area contributed by atoms with Crippen LogP contribution < -0.4 is 4.74 Å². The van der Waals surface area contributed by atoms with Crippen molar-refractivity contribution >= 4 is 21.6 Å². The topological polar surface area (TPSA) is 110 Å². The third-order valence-electron chi connectivity index (χ3n) is 4.62. The Labute approximate surface area is 168 Å². The molecule has 1 heterocycles. The molecule has 0 radical (unpaired) electrons. The molecule has 1 aliphatic heterocycles. The second kappa shape index (κ2) is 8.58. The molecule has 10 heteroatoms. The van der Waals surface area contributed by atoms with Crippen LogP contribution in [0.2, 0.25) is 0 Å². The highest BCUT2D eigenvalue weighted by Crippen LogP contribution is 2.22. The lowest BCUT2D eigenvalue weighted by Crippen LogP contribution is -2.53. The Morgan fingerprint density at radius 2 is 1.72 bits per heavy atom. The first-order valence-electron chi connectivity index (χ1n) is 9.04. The standard InChI is InChI=1S/C19H21N3O6S/c1-15(28-17-7-3-2-4-8-17)19(23)20-10-12-21(13-11-20)29(26,27)18-9-5-6-16(14-18)22(24)25/h2-9,14-15H,10-13H2,1H3/t15-/m0/s1. The van der Waals surface area contributed by atoms with E-state index in [4.69, 9.17) is 4.74 Å². The van der Waals surface area contributed by atoms with Crippen LogP contribution in [0, 0.1) is 10.1 Å². The fourth-order valence-electron chi connectivity index (χ4n) is 3.07. The maximum atomic E-state index is 12.8. The van der Waals surface area contributed by atoms with Crippen molar-refractivity contribution in [2.24, 2.45) is 0 Å². The van der Waals surface area contributed by atoms with Gasteiger partial charge in [-0.25, -0.2) is 8.42 Å². The molecule has 0 bridgehead atoms. The molecule has 1 amide bonds. The number of ether oxygens (including phenoxy) is 1. The Bertz CT molecular complexity index is 988. The van der Waals surface area contributed by atoms with Gasteiger partial charge in [-0.15, -0.1) is 0 Å². The predicted octanol–water partition coefficient (Wildman–Crippen LogP) is 1.90. The Kier molecular flexibility index (Phi) is 6.14. The number of nitrogens with zero attached hydrogens (tertiary/aromatic N) is 3. The van der Waals surface area contributed by atoms with E-state index < -0.39 is 21.1 Å².